The summed E-state index contributed by atoms with van der Waals surface area (Å²) in [5.74, 6) is 0.130. The second-order valence-corrected chi connectivity index (χ2v) is 5.80. The number of anilines is 1. The van der Waals surface area contributed by atoms with Crippen LogP contribution in [0.3, 0.4) is 0 Å². The van der Waals surface area contributed by atoms with Gasteiger partial charge in [-0.05, 0) is 26.2 Å². The molecule has 0 aliphatic heterocycles. The van der Waals surface area contributed by atoms with Gasteiger partial charge < -0.3 is 15.2 Å². The number of nitriles is 1. The Balaban J connectivity index is 1.98. The van der Waals surface area contributed by atoms with Gasteiger partial charge in [-0.15, -0.1) is 0 Å². The summed E-state index contributed by atoms with van der Waals surface area (Å²) in [4.78, 5) is 20.7. The molecule has 23 heavy (non-hydrogen) atoms. The maximum atomic E-state index is 11.8. The molecule has 0 saturated heterocycles. The van der Waals surface area contributed by atoms with Crippen molar-refractivity contribution >= 4 is 22.8 Å². The molecule has 2 aromatic heterocycles. The van der Waals surface area contributed by atoms with Crippen molar-refractivity contribution in [3.05, 3.63) is 18.1 Å². The number of nitrogens with zero attached hydrogens (tertiary/aromatic N) is 4. The maximum absolute atomic E-state index is 11.8. The van der Waals surface area contributed by atoms with Crippen LogP contribution in [-0.2, 0) is 4.79 Å². The van der Waals surface area contributed by atoms with Gasteiger partial charge in [-0.1, -0.05) is 0 Å². The minimum absolute atomic E-state index is 0.0369. The number of aromatic nitrogens is 3. The molecule has 2 heterocycles. The van der Waals surface area contributed by atoms with Gasteiger partial charge in [-0.3, -0.25) is 4.79 Å². The molecular weight excluding hydrogens is 292 g/mol. The van der Waals surface area contributed by atoms with Crippen molar-refractivity contribution in [1.29, 1.82) is 5.26 Å². The lowest BCUT2D eigenvalue weighted by Gasteiger charge is -2.13. The molecular formula is C16H20N6O. The number of amides is 1. The van der Waals surface area contributed by atoms with Gasteiger partial charge in [0, 0.05) is 31.6 Å². The molecule has 7 nitrogen and oxygen atoms in total. The molecule has 1 fully saturated rings. The summed E-state index contributed by atoms with van der Waals surface area (Å²) in [6.07, 6.45) is 4.33. The number of fused-ring (bicyclic) bond motifs is 1. The van der Waals surface area contributed by atoms with Gasteiger partial charge in [-0.2, -0.15) is 5.26 Å². The summed E-state index contributed by atoms with van der Waals surface area (Å²) in [6, 6.07) is 4.03. The number of rotatable bonds is 4. The molecule has 0 bridgehead atoms. The zero-order valence-electron chi connectivity index (χ0n) is 13.3. The Hall–Kier alpha value is -2.62. The quantitative estimate of drug-likeness (QED) is 0.898. The van der Waals surface area contributed by atoms with Crippen molar-refractivity contribution in [2.75, 3.05) is 18.9 Å². The predicted octanol–water partition coefficient (Wildman–Crippen LogP) is 1.82. The summed E-state index contributed by atoms with van der Waals surface area (Å²) in [7, 11) is 1.67. The van der Waals surface area contributed by atoms with Crippen LogP contribution in [0.1, 0.15) is 37.9 Å². The summed E-state index contributed by atoms with van der Waals surface area (Å²) >= 11 is 0. The lowest BCUT2D eigenvalue weighted by molar-refractivity contribution is -0.124. The standard InChI is InChI=1S/C16H20N6O/c1-3-19-13-7-11(8-17)21-15-14(13)20-9-22(15)12-5-4-10(6-12)16(23)18-2/h7,9-10,12H,3-6H2,1-2H3,(H,18,23)(H,19,21). The average Bonchev–Trinajstić information content (AvgIpc) is 3.20. The third-order valence-corrected chi connectivity index (χ3v) is 4.43. The van der Waals surface area contributed by atoms with Crippen LogP contribution in [0.15, 0.2) is 12.4 Å². The first-order valence-corrected chi connectivity index (χ1v) is 7.91. The van der Waals surface area contributed by atoms with E-state index in [-0.39, 0.29) is 17.9 Å². The molecule has 120 valence electrons. The minimum atomic E-state index is 0.0369. The summed E-state index contributed by atoms with van der Waals surface area (Å²) < 4.78 is 2.01. The van der Waals surface area contributed by atoms with Crippen LogP contribution in [0.25, 0.3) is 11.2 Å². The number of imidazole rings is 1. The van der Waals surface area contributed by atoms with Crippen molar-refractivity contribution in [2.24, 2.45) is 5.92 Å². The highest BCUT2D eigenvalue weighted by Gasteiger charge is 2.31. The van der Waals surface area contributed by atoms with Crippen LogP contribution >= 0.6 is 0 Å². The van der Waals surface area contributed by atoms with Crippen LogP contribution in [0, 0.1) is 17.2 Å². The molecule has 2 atom stereocenters. The SMILES string of the molecule is CCNc1cc(C#N)nc2c1ncn2C1CCC(C(=O)NC)C1. The highest BCUT2D eigenvalue weighted by molar-refractivity contribution is 5.86. The van der Waals surface area contributed by atoms with Gasteiger partial charge in [0.25, 0.3) is 0 Å². The van der Waals surface area contributed by atoms with Crippen molar-refractivity contribution in [1.82, 2.24) is 19.9 Å². The Bertz CT molecular complexity index is 775. The van der Waals surface area contributed by atoms with E-state index in [1.807, 2.05) is 11.5 Å². The van der Waals surface area contributed by atoms with E-state index in [4.69, 9.17) is 0 Å². The fourth-order valence-electron chi connectivity index (χ4n) is 3.31. The number of carbonyl (C=O) groups excluding carboxylic acids is 1. The molecule has 1 saturated carbocycles. The molecule has 1 aliphatic carbocycles. The Labute approximate surface area is 134 Å². The fourth-order valence-corrected chi connectivity index (χ4v) is 3.31. The number of pyridine rings is 1. The first-order chi connectivity index (χ1) is 11.2. The van der Waals surface area contributed by atoms with Gasteiger partial charge in [0.2, 0.25) is 5.91 Å². The molecule has 3 rings (SSSR count). The van der Waals surface area contributed by atoms with Crippen LogP contribution < -0.4 is 10.6 Å². The van der Waals surface area contributed by atoms with Crippen molar-refractivity contribution in [3.8, 4) is 6.07 Å². The molecule has 7 heteroatoms. The highest BCUT2D eigenvalue weighted by Crippen LogP contribution is 2.37. The Morgan fingerprint density at radius 2 is 2.35 bits per heavy atom. The number of carbonyl (C=O) groups is 1. The molecule has 1 aliphatic rings. The van der Waals surface area contributed by atoms with Crippen molar-refractivity contribution < 1.29 is 4.79 Å². The van der Waals surface area contributed by atoms with Crippen LogP contribution in [0.4, 0.5) is 5.69 Å². The van der Waals surface area contributed by atoms with Gasteiger partial charge >= 0.3 is 0 Å². The van der Waals surface area contributed by atoms with E-state index < -0.39 is 0 Å². The molecule has 0 spiro atoms. The Kier molecular flexibility index (Phi) is 4.15. The molecule has 0 aromatic carbocycles. The smallest absolute Gasteiger partial charge is 0.222 e. The lowest BCUT2D eigenvalue weighted by Crippen LogP contribution is -2.25. The summed E-state index contributed by atoms with van der Waals surface area (Å²) in [5.41, 5.74) is 2.68. The monoisotopic (exact) mass is 312 g/mol. The number of hydrogen-bond acceptors (Lipinski definition) is 5. The van der Waals surface area contributed by atoms with Gasteiger partial charge in [-0.25, -0.2) is 9.97 Å². The summed E-state index contributed by atoms with van der Waals surface area (Å²) in [6.45, 7) is 2.75. The lowest BCUT2D eigenvalue weighted by atomic mass is 10.1. The molecule has 1 amide bonds. The highest BCUT2D eigenvalue weighted by atomic mass is 16.1. The average molecular weight is 312 g/mol. The van der Waals surface area contributed by atoms with Gasteiger partial charge in [0.1, 0.15) is 17.3 Å². The van der Waals surface area contributed by atoms with E-state index in [1.54, 1.807) is 19.4 Å². The molecule has 2 N–H and O–H groups in total. The van der Waals surface area contributed by atoms with E-state index in [2.05, 4.69) is 26.7 Å². The predicted molar refractivity (Wildman–Crippen MR) is 86.9 cm³/mol. The first kappa shape index (κ1) is 15.3. The van der Waals surface area contributed by atoms with E-state index >= 15 is 0 Å². The zero-order chi connectivity index (χ0) is 16.4. The van der Waals surface area contributed by atoms with Gasteiger partial charge in [0.05, 0.1) is 12.0 Å². The van der Waals surface area contributed by atoms with E-state index in [1.165, 1.54) is 0 Å². The van der Waals surface area contributed by atoms with E-state index in [0.29, 0.717) is 11.3 Å². The Morgan fingerprint density at radius 1 is 1.52 bits per heavy atom. The molecule has 0 radical (unpaired) electrons. The fraction of sp³-hybridized carbons (Fsp3) is 0.500. The third-order valence-electron chi connectivity index (χ3n) is 4.43. The van der Waals surface area contributed by atoms with E-state index in [9.17, 15) is 10.1 Å². The first-order valence-electron chi connectivity index (χ1n) is 7.91. The summed E-state index contributed by atoms with van der Waals surface area (Å²) in [5, 5.41) is 15.2. The van der Waals surface area contributed by atoms with E-state index in [0.717, 1.165) is 37.0 Å². The minimum Gasteiger partial charge on any atom is -0.383 e. The zero-order valence-corrected chi connectivity index (χ0v) is 13.3. The van der Waals surface area contributed by atoms with Gasteiger partial charge in [0.15, 0.2) is 5.65 Å². The van der Waals surface area contributed by atoms with Crippen molar-refractivity contribution in [3.63, 3.8) is 0 Å². The normalized spacial score (nSPS) is 20.4. The Morgan fingerprint density at radius 3 is 3.04 bits per heavy atom. The van der Waals surface area contributed by atoms with Crippen molar-refractivity contribution in [2.45, 2.75) is 32.2 Å². The largest absolute Gasteiger partial charge is 0.383 e. The molecule has 2 unspecified atom stereocenters. The van der Waals surface area contributed by atoms with Crippen LogP contribution in [0.5, 0.6) is 0 Å². The van der Waals surface area contributed by atoms with Crippen LogP contribution in [-0.4, -0.2) is 34.0 Å². The third kappa shape index (κ3) is 2.72. The van der Waals surface area contributed by atoms with Crippen LogP contribution in [0.2, 0.25) is 0 Å². The topological polar surface area (TPSA) is 95.6 Å². The number of nitrogens with one attached hydrogen (secondary N) is 2. The second-order valence-electron chi connectivity index (χ2n) is 5.80. The second kappa shape index (κ2) is 6.24. The molecule has 2 aromatic rings. The number of hydrogen-bond donors (Lipinski definition) is 2. The maximum Gasteiger partial charge on any atom is 0.222 e.